The standard InChI is InChI=1S/C19H22ClNO3/c1-13(2)24-18-10-6-3-7-14(18)11-19(23)21-12-17(22)15-8-4-5-9-16(15)20/h3-10,13,17,22H,11-12H2,1-2H3,(H,21,23). The van der Waals surface area contributed by atoms with Crippen molar-refractivity contribution in [3.8, 4) is 5.75 Å². The molecule has 4 nitrogen and oxygen atoms in total. The van der Waals surface area contributed by atoms with Crippen molar-refractivity contribution in [2.45, 2.75) is 32.5 Å². The predicted molar refractivity (Wildman–Crippen MR) is 95.3 cm³/mol. The number of hydrogen-bond donors (Lipinski definition) is 2. The van der Waals surface area contributed by atoms with Gasteiger partial charge in [-0.2, -0.15) is 0 Å². The first-order chi connectivity index (χ1) is 11.5. The van der Waals surface area contributed by atoms with E-state index >= 15 is 0 Å². The van der Waals surface area contributed by atoms with Gasteiger partial charge in [-0.15, -0.1) is 0 Å². The summed E-state index contributed by atoms with van der Waals surface area (Å²) >= 11 is 6.04. The lowest BCUT2D eigenvalue weighted by atomic mass is 10.1. The second kappa shape index (κ2) is 8.71. The third-order valence-electron chi connectivity index (χ3n) is 3.44. The summed E-state index contributed by atoms with van der Waals surface area (Å²) in [5.74, 6) is 0.523. The Labute approximate surface area is 147 Å². The molecule has 0 aliphatic heterocycles. The minimum Gasteiger partial charge on any atom is -0.491 e. The summed E-state index contributed by atoms with van der Waals surface area (Å²) < 4.78 is 5.71. The van der Waals surface area contributed by atoms with Crippen molar-refractivity contribution in [1.82, 2.24) is 5.32 Å². The highest BCUT2D eigenvalue weighted by Crippen LogP contribution is 2.22. The highest BCUT2D eigenvalue weighted by atomic mass is 35.5. The molecule has 0 heterocycles. The maximum absolute atomic E-state index is 12.2. The Hall–Kier alpha value is -2.04. The van der Waals surface area contributed by atoms with Gasteiger partial charge in [-0.3, -0.25) is 4.79 Å². The number of rotatable bonds is 7. The number of carbonyl (C=O) groups is 1. The number of carbonyl (C=O) groups excluding carboxylic acids is 1. The molecule has 0 radical (unpaired) electrons. The van der Waals surface area contributed by atoms with Gasteiger partial charge in [0.05, 0.1) is 18.6 Å². The Morgan fingerprint density at radius 1 is 1.17 bits per heavy atom. The maximum atomic E-state index is 12.2. The molecule has 0 spiro atoms. The molecule has 24 heavy (non-hydrogen) atoms. The van der Waals surface area contributed by atoms with Crippen LogP contribution in [-0.2, 0) is 11.2 Å². The molecule has 2 rings (SSSR count). The molecule has 0 aliphatic rings. The number of benzene rings is 2. The monoisotopic (exact) mass is 347 g/mol. The van der Waals surface area contributed by atoms with Crippen molar-refractivity contribution < 1.29 is 14.6 Å². The van der Waals surface area contributed by atoms with Crippen molar-refractivity contribution in [3.05, 3.63) is 64.7 Å². The highest BCUT2D eigenvalue weighted by molar-refractivity contribution is 6.31. The third kappa shape index (κ3) is 5.25. The molecule has 5 heteroatoms. The number of aliphatic hydroxyl groups excluding tert-OH is 1. The second-order valence-electron chi connectivity index (χ2n) is 5.79. The van der Waals surface area contributed by atoms with E-state index in [0.717, 1.165) is 5.56 Å². The number of halogens is 1. The van der Waals surface area contributed by atoms with E-state index in [2.05, 4.69) is 5.32 Å². The Balaban J connectivity index is 1.93. The van der Waals surface area contributed by atoms with Crippen LogP contribution in [0, 0.1) is 0 Å². The molecule has 0 saturated carbocycles. The average molecular weight is 348 g/mol. The molecule has 1 unspecified atom stereocenters. The molecular formula is C19H22ClNO3. The van der Waals surface area contributed by atoms with Gasteiger partial charge in [-0.25, -0.2) is 0 Å². The van der Waals surface area contributed by atoms with Crippen molar-refractivity contribution in [1.29, 1.82) is 0 Å². The van der Waals surface area contributed by atoms with Crippen LogP contribution >= 0.6 is 11.6 Å². The molecule has 0 saturated heterocycles. The van der Waals surface area contributed by atoms with Crippen LogP contribution in [0.2, 0.25) is 5.02 Å². The first-order valence-electron chi connectivity index (χ1n) is 7.91. The highest BCUT2D eigenvalue weighted by Gasteiger charge is 2.14. The topological polar surface area (TPSA) is 58.6 Å². The fraction of sp³-hybridized carbons (Fsp3) is 0.316. The molecule has 0 fully saturated rings. The molecule has 0 aliphatic carbocycles. The van der Waals surface area contributed by atoms with Gasteiger partial charge in [0, 0.05) is 22.7 Å². The van der Waals surface area contributed by atoms with Crippen molar-refractivity contribution in [2.24, 2.45) is 0 Å². The number of ether oxygens (including phenoxy) is 1. The normalized spacial score (nSPS) is 12.0. The zero-order valence-corrected chi connectivity index (χ0v) is 14.6. The molecule has 1 amide bonds. The van der Waals surface area contributed by atoms with Crippen LogP contribution in [0.5, 0.6) is 5.75 Å². The number of para-hydroxylation sites is 1. The summed E-state index contributed by atoms with van der Waals surface area (Å²) in [5.41, 5.74) is 1.42. The molecule has 0 bridgehead atoms. The summed E-state index contributed by atoms with van der Waals surface area (Å²) in [4.78, 5) is 12.2. The van der Waals surface area contributed by atoms with Crippen LogP contribution in [0.3, 0.4) is 0 Å². The smallest absolute Gasteiger partial charge is 0.224 e. The van der Waals surface area contributed by atoms with E-state index in [1.807, 2.05) is 38.1 Å². The van der Waals surface area contributed by atoms with Gasteiger partial charge in [-0.05, 0) is 26.0 Å². The van der Waals surface area contributed by atoms with Gasteiger partial charge >= 0.3 is 0 Å². The Morgan fingerprint density at radius 3 is 2.54 bits per heavy atom. The summed E-state index contributed by atoms with van der Waals surface area (Å²) in [6.45, 7) is 3.99. The minimum atomic E-state index is -0.843. The largest absolute Gasteiger partial charge is 0.491 e. The minimum absolute atomic E-state index is 0.0382. The van der Waals surface area contributed by atoms with E-state index in [1.54, 1.807) is 24.3 Å². The lowest BCUT2D eigenvalue weighted by Crippen LogP contribution is -2.30. The van der Waals surface area contributed by atoms with Crippen LogP contribution in [0.1, 0.15) is 31.1 Å². The summed E-state index contributed by atoms with van der Waals surface area (Å²) in [5, 5.41) is 13.4. The van der Waals surface area contributed by atoms with E-state index < -0.39 is 6.10 Å². The zero-order chi connectivity index (χ0) is 17.5. The first kappa shape index (κ1) is 18.3. The molecule has 2 aromatic carbocycles. The zero-order valence-electron chi connectivity index (χ0n) is 13.8. The summed E-state index contributed by atoms with van der Waals surface area (Å²) in [7, 11) is 0. The van der Waals surface area contributed by atoms with Crippen LogP contribution in [-0.4, -0.2) is 23.7 Å². The van der Waals surface area contributed by atoms with E-state index in [0.29, 0.717) is 16.3 Å². The Bertz CT molecular complexity index is 688. The number of hydrogen-bond acceptors (Lipinski definition) is 3. The number of aliphatic hydroxyl groups is 1. The SMILES string of the molecule is CC(C)Oc1ccccc1CC(=O)NCC(O)c1ccccc1Cl. The van der Waals surface area contributed by atoms with Gasteiger partial charge < -0.3 is 15.2 Å². The van der Waals surface area contributed by atoms with Crippen LogP contribution < -0.4 is 10.1 Å². The fourth-order valence-electron chi connectivity index (χ4n) is 2.32. The van der Waals surface area contributed by atoms with E-state index in [4.69, 9.17) is 16.3 Å². The van der Waals surface area contributed by atoms with Gasteiger partial charge in [0.2, 0.25) is 5.91 Å². The maximum Gasteiger partial charge on any atom is 0.224 e. The van der Waals surface area contributed by atoms with Crippen molar-refractivity contribution in [3.63, 3.8) is 0 Å². The molecule has 128 valence electrons. The second-order valence-corrected chi connectivity index (χ2v) is 6.20. The van der Waals surface area contributed by atoms with Gasteiger partial charge in [0.1, 0.15) is 5.75 Å². The molecule has 2 N–H and O–H groups in total. The molecule has 0 aromatic heterocycles. The van der Waals surface area contributed by atoms with Crippen LogP contribution in [0.4, 0.5) is 0 Å². The lowest BCUT2D eigenvalue weighted by molar-refractivity contribution is -0.120. The van der Waals surface area contributed by atoms with Crippen molar-refractivity contribution in [2.75, 3.05) is 6.54 Å². The quantitative estimate of drug-likeness (QED) is 0.805. The Kier molecular flexibility index (Phi) is 6.64. The number of nitrogens with one attached hydrogen (secondary N) is 1. The van der Waals surface area contributed by atoms with Crippen LogP contribution in [0.25, 0.3) is 0 Å². The van der Waals surface area contributed by atoms with Crippen molar-refractivity contribution >= 4 is 17.5 Å². The van der Waals surface area contributed by atoms with E-state index in [-0.39, 0.29) is 25.0 Å². The molecule has 1 atom stereocenters. The Morgan fingerprint density at radius 2 is 1.83 bits per heavy atom. The lowest BCUT2D eigenvalue weighted by Gasteiger charge is -2.16. The van der Waals surface area contributed by atoms with Gasteiger partial charge in [0.15, 0.2) is 0 Å². The molecular weight excluding hydrogens is 326 g/mol. The van der Waals surface area contributed by atoms with Crippen LogP contribution in [0.15, 0.2) is 48.5 Å². The van der Waals surface area contributed by atoms with Gasteiger partial charge in [-0.1, -0.05) is 48.0 Å². The van der Waals surface area contributed by atoms with Gasteiger partial charge in [0.25, 0.3) is 0 Å². The third-order valence-corrected chi connectivity index (χ3v) is 3.79. The molecule has 2 aromatic rings. The van der Waals surface area contributed by atoms with E-state index in [9.17, 15) is 9.90 Å². The van der Waals surface area contributed by atoms with E-state index in [1.165, 1.54) is 0 Å². The average Bonchev–Trinajstić information content (AvgIpc) is 2.54. The number of amides is 1. The summed E-state index contributed by atoms with van der Waals surface area (Å²) in [6, 6.07) is 14.5. The first-order valence-corrected chi connectivity index (χ1v) is 8.29. The fourth-order valence-corrected chi connectivity index (χ4v) is 2.58. The summed E-state index contributed by atoms with van der Waals surface area (Å²) in [6.07, 6.45) is -0.612. The predicted octanol–water partition coefficient (Wildman–Crippen LogP) is 3.52.